The summed E-state index contributed by atoms with van der Waals surface area (Å²) in [5.74, 6) is -4.02. The lowest BCUT2D eigenvalue weighted by Gasteiger charge is -2.25. The Morgan fingerprint density at radius 2 is 1.37 bits per heavy atom. The molecule has 0 saturated carbocycles. The van der Waals surface area contributed by atoms with Crippen LogP contribution in [0.25, 0.3) is 0 Å². The molecule has 0 heterocycles. The summed E-state index contributed by atoms with van der Waals surface area (Å²) in [6, 6.07) is -4.38. The molecule has 0 spiro atoms. The molecule has 8 N–H and O–H groups in total. The minimum absolute atomic E-state index is 0.0170. The van der Waals surface area contributed by atoms with Crippen molar-refractivity contribution in [3.05, 3.63) is 0 Å². The Bertz CT molecular complexity index is 634. The van der Waals surface area contributed by atoms with Gasteiger partial charge in [-0.15, -0.1) is 0 Å². The molecule has 4 unspecified atom stereocenters. The van der Waals surface area contributed by atoms with Crippen LogP contribution in [0, 0.1) is 5.92 Å². The molecule has 13 heteroatoms. The van der Waals surface area contributed by atoms with Gasteiger partial charge >= 0.3 is 5.97 Å². The van der Waals surface area contributed by atoms with Gasteiger partial charge in [0.2, 0.25) is 23.6 Å². The first-order valence-corrected chi connectivity index (χ1v) is 10.6. The number of carboxylic acids is 1. The van der Waals surface area contributed by atoms with Crippen LogP contribution < -0.4 is 27.4 Å². The van der Waals surface area contributed by atoms with E-state index in [9.17, 15) is 29.1 Å². The van der Waals surface area contributed by atoms with Crippen molar-refractivity contribution in [3.63, 3.8) is 0 Å². The van der Waals surface area contributed by atoms with Gasteiger partial charge in [-0.3, -0.25) is 19.2 Å². The van der Waals surface area contributed by atoms with Crippen molar-refractivity contribution in [2.24, 2.45) is 17.4 Å². The van der Waals surface area contributed by atoms with E-state index in [1.54, 1.807) is 0 Å². The van der Waals surface area contributed by atoms with Crippen LogP contribution >= 0.6 is 25.3 Å². The molecule has 0 aliphatic carbocycles. The highest BCUT2D eigenvalue weighted by molar-refractivity contribution is 7.80. The molecule has 0 radical (unpaired) electrons. The lowest BCUT2D eigenvalue weighted by atomic mass is 10.0. The minimum atomic E-state index is -1.34. The van der Waals surface area contributed by atoms with E-state index in [2.05, 4.69) is 41.2 Å². The second-order valence-corrected chi connectivity index (χ2v) is 7.86. The first-order chi connectivity index (χ1) is 13.9. The number of hydrogen-bond acceptors (Lipinski definition) is 8. The van der Waals surface area contributed by atoms with Crippen molar-refractivity contribution >= 4 is 54.9 Å². The SMILES string of the molecule is CC(C)CC(NC(=O)C(CS)NC(=O)C(N)CS)C(=O)NC(CCC(N)=O)C(=O)O. The fourth-order valence-electron chi connectivity index (χ4n) is 2.35. The van der Waals surface area contributed by atoms with E-state index in [1.807, 2.05) is 13.8 Å². The maximum Gasteiger partial charge on any atom is 0.326 e. The quantitative estimate of drug-likeness (QED) is 0.136. The second kappa shape index (κ2) is 14.1. The summed E-state index contributed by atoms with van der Waals surface area (Å²) < 4.78 is 0. The number of amides is 4. The molecular weight excluding hydrogens is 434 g/mol. The summed E-state index contributed by atoms with van der Waals surface area (Å²) in [6.45, 7) is 3.63. The Kier molecular flexibility index (Phi) is 13.2. The summed E-state index contributed by atoms with van der Waals surface area (Å²) in [5, 5.41) is 16.5. The van der Waals surface area contributed by atoms with Crippen LogP contribution in [0.5, 0.6) is 0 Å². The van der Waals surface area contributed by atoms with E-state index in [0.717, 1.165) is 0 Å². The normalized spacial score (nSPS) is 14.9. The minimum Gasteiger partial charge on any atom is -0.480 e. The van der Waals surface area contributed by atoms with Crippen LogP contribution in [0.15, 0.2) is 0 Å². The Morgan fingerprint density at radius 3 is 1.80 bits per heavy atom. The number of nitrogens with two attached hydrogens (primary N) is 2. The number of primary amides is 1. The smallest absolute Gasteiger partial charge is 0.326 e. The van der Waals surface area contributed by atoms with E-state index in [-0.39, 0.29) is 36.7 Å². The van der Waals surface area contributed by atoms with E-state index in [4.69, 9.17) is 11.5 Å². The van der Waals surface area contributed by atoms with Crippen LogP contribution in [0.2, 0.25) is 0 Å². The number of hydrogen-bond donors (Lipinski definition) is 8. The predicted octanol–water partition coefficient (Wildman–Crippen LogP) is -1.98. The highest BCUT2D eigenvalue weighted by Crippen LogP contribution is 2.07. The molecule has 0 saturated heterocycles. The van der Waals surface area contributed by atoms with Crippen molar-refractivity contribution in [1.82, 2.24) is 16.0 Å². The Labute approximate surface area is 186 Å². The standard InChI is InChI=1S/C17H31N5O6S2/c1-8(2)5-11(15(25)20-10(17(27)28)3-4-13(19)23)21-16(26)12(7-30)22-14(24)9(18)6-29/h8-12,29-30H,3-7,18H2,1-2H3,(H2,19,23)(H,20,25)(H,21,26)(H,22,24)(H,27,28). The fraction of sp³-hybridized carbons (Fsp3) is 0.706. The molecular formula is C17H31N5O6S2. The molecule has 11 nitrogen and oxygen atoms in total. The molecule has 4 atom stereocenters. The highest BCUT2D eigenvalue weighted by Gasteiger charge is 2.30. The molecule has 172 valence electrons. The van der Waals surface area contributed by atoms with E-state index < -0.39 is 53.8 Å². The van der Waals surface area contributed by atoms with Gasteiger partial charge in [-0.2, -0.15) is 25.3 Å². The molecule has 0 aromatic rings. The lowest BCUT2D eigenvalue weighted by molar-refractivity contribution is -0.142. The van der Waals surface area contributed by atoms with Gasteiger partial charge in [0, 0.05) is 17.9 Å². The van der Waals surface area contributed by atoms with Gasteiger partial charge in [-0.1, -0.05) is 13.8 Å². The summed E-state index contributed by atoms with van der Waals surface area (Å²) in [4.78, 5) is 59.4. The number of carboxylic acid groups (broad SMARTS) is 1. The number of rotatable bonds is 14. The van der Waals surface area contributed by atoms with Gasteiger partial charge in [0.15, 0.2) is 0 Å². The summed E-state index contributed by atoms with van der Waals surface area (Å²) in [6.07, 6.45) is -0.198. The van der Waals surface area contributed by atoms with Crippen molar-refractivity contribution in [2.45, 2.75) is 57.3 Å². The van der Waals surface area contributed by atoms with Crippen molar-refractivity contribution < 1.29 is 29.1 Å². The zero-order valence-electron chi connectivity index (χ0n) is 17.0. The van der Waals surface area contributed by atoms with Gasteiger partial charge < -0.3 is 32.5 Å². The first-order valence-electron chi connectivity index (χ1n) is 9.32. The molecule has 4 amide bonds. The Hall–Kier alpha value is -1.99. The van der Waals surface area contributed by atoms with Crippen molar-refractivity contribution in [3.8, 4) is 0 Å². The molecule has 0 aliphatic heterocycles. The Morgan fingerprint density at radius 1 is 0.867 bits per heavy atom. The van der Waals surface area contributed by atoms with E-state index in [0.29, 0.717) is 0 Å². The van der Waals surface area contributed by atoms with Crippen LogP contribution in [0.4, 0.5) is 0 Å². The monoisotopic (exact) mass is 465 g/mol. The summed E-state index contributed by atoms with van der Waals surface area (Å²) in [5.41, 5.74) is 10.6. The molecule has 0 rings (SSSR count). The molecule has 0 fully saturated rings. The molecule has 0 bridgehead atoms. The van der Waals surface area contributed by atoms with Gasteiger partial charge in [-0.05, 0) is 18.8 Å². The molecule has 0 aromatic carbocycles. The number of carbonyl (C=O) groups excluding carboxylic acids is 4. The average Bonchev–Trinajstić information content (AvgIpc) is 2.66. The van der Waals surface area contributed by atoms with Crippen LogP contribution in [0.3, 0.4) is 0 Å². The van der Waals surface area contributed by atoms with Crippen LogP contribution in [-0.4, -0.2) is 70.4 Å². The summed E-state index contributed by atoms with van der Waals surface area (Å²) >= 11 is 7.96. The largest absolute Gasteiger partial charge is 0.480 e. The molecule has 0 aliphatic rings. The van der Waals surface area contributed by atoms with Gasteiger partial charge in [0.1, 0.15) is 18.1 Å². The topological polar surface area (TPSA) is 194 Å². The zero-order chi connectivity index (χ0) is 23.4. The summed E-state index contributed by atoms with van der Waals surface area (Å²) in [7, 11) is 0. The molecule has 0 aromatic heterocycles. The highest BCUT2D eigenvalue weighted by atomic mass is 32.1. The van der Waals surface area contributed by atoms with E-state index >= 15 is 0 Å². The maximum atomic E-state index is 12.6. The predicted molar refractivity (Wildman–Crippen MR) is 117 cm³/mol. The fourth-order valence-corrected chi connectivity index (χ4v) is 2.77. The number of aliphatic carboxylic acids is 1. The van der Waals surface area contributed by atoms with Gasteiger partial charge in [0.05, 0.1) is 6.04 Å². The second-order valence-electron chi connectivity index (χ2n) is 7.13. The van der Waals surface area contributed by atoms with Crippen molar-refractivity contribution in [2.75, 3.05) is 11.5 Å². The van der Waals surface area contributed by atoms with Crippen LogP contribution in [-0.2, 0) is 24.0 Å². The number of thiol groups is 2. The first kappa shape index (κ1) is 28.0. The Balaban J connectivity index is 5.25. The van der Waals surface area contributed by atoms with Gasteiger partial charge in [-0.25, -0.2) is 4.79 Å². The van der Waals surface area contributed by atoms with Crippen molar-refractivity contribution in [1.29, 1.82) is 0 Å². The third-order valence-corrected chi connectivity index (χ3v) is 4.74. The lowest BCUT2D eigenvalue weighted by Crippen LogP contribution is -2.58. The zero-order valence-corrected chi connectivity index (χ0v) is 18.7. The average molecular weight is 466 g/mol. The third-order valence-electron chi connectivity index (χ3n) is 3.98. The van der Waals surface area contributed by atoms with Crippen LogP contribution in [0.1, 0.15) is 33.1 Å². The number of nitrogens with one attached hydrogen (secondary N) is 3. The molecule has 30 heavy (non-hydrogen) atoms. The van der Waals surface area contributed by atoms with Gasteiger partial charge in [0.25, 0.3) is 0 Å². The maximum absolute atomic E-state index is 12.6. The van der Waals surface area contributed by atoms with E-state index in [1.165, 1.54) is 0 Å². The number of carbonyl (C=O) groups is 5. The third kappa shape index (κ3) is 10.7.